The molecule has 0 unspecified atom stereocenters. The molecule has 1 N–H and O–H groups in total. The van der Waals surface area contributed by atoms with Crippen molar-refractivity contribution in [3.8, 4) is 0 Å². The molecule has 1 fully saturated rings. The summed E-state index contributed by atoms with van der Waals surface area (Å²) in [6.45, 7) is 9.61. The van der Waals surface area contributed by atoms with Gasteiger partial charge in [0.05, 0.1) is 12.3 Å². The van der Waals surface area contributed by atoms with Gasteiger partial charge in [-0.1, -0.05) is 20.8 Å². The van der Waals surface area contributed by atoms with Gasteiger partial charge >= 0.3 is 0 Å². The number of halogens is 1. The highest BCUT2D eigenvalue weighted by molar-refractivity contribution is 5.81. The Balaban J connectivity index is 1.64. The smallest absolute Gasteiger partial charge is 0.225 e. The maximum atomic E-state index is 13.1. The van der Waals surface area contributed by atoms with E-state index in [0.717, 1.165) is 37.6 Å². The zero-order valence-corrected chi connectivity index (χ0v) is 16.2. The number of furan rings is 1. The molecule has 0 aliphatic carbocycles. The maximum Gasteiger partial charge on any atom is 0.225 e. The highest BCUT2D eigenvalue weighted by Gasteiger charge is 2.29. The minimum Gasteiger partial charge on any atom is -0.468 e. The van der Waals surface area contributed by atoms with Crippen LogP contribution in [0.4, 0.5) is 10.1 Å². The van der Waals surface area contributed by atoms with Crippen LogP contribution in [0.2, 0.25) is 0 Å². The lowest BCUT2D eigenvalue weighted by atomic mass is 9.95. The molecule has 3 rings (SSSR count). The van der Waals surface area contributed by atoms with Crippen molar-refractivity contribution in [2.24, 2.45) is 5.41 Å². The van der Waals surface area contributed by atoms with Crippen LogP contribution in [0, 0.1) is 11.2 Å². The number of carbonyl (C=O) groups is 1. The first-order valence-electron chi connectivity index (χ1n) is 9.41. The number of nitrogens with zero attached hydrogens (tertiary/aromatic N) is 2. The van der Waals surface area contributed by atoms with Crippen molar-refractivity contribution in [3.05, 3.63) is 54.2 Å². The van der Waals surface area contributed by atoms with Crippen LogP contribution in [-0.4, -0.2) is 43.5 Å². The van der Waals surface area contributed by atoms with Crippen molar-refractivity contribution in [2.45, 2.75) is 26.8 Å². The van der Waals surface area contributed by atoms with Gasteiger partial charge < -0.3 is 14.6 Å². The summed E-state index contributed by atoms with van der Waals surface area (Å²) >= 11 is 0. The van der Waals surface area contributed by atoms with Crippen molar-refractivity contribution in [1.82, 2.24) is 10.2 Å². The van der Waals surface area contributed by atoms with E-state index in [1.807, 2.05) is 45.0 Å². The van der Waals surface area contributed by atoms with Crippen LogP contribution in [0.5, 0.6) is 0 Å². The molecular formula is C21H28FN3O2. The SMILES string of the molecule is CC(C)(C)C(=O)NC[C@@H](c1ccco1)N1CCN(c2ccc(F)cc2)CC1. The average Bonchev–Trinajstić information content (AvgIpc) is 3.16. The van der Waals surface area contributed by atoms with Crippen LogP contribution in [0.25, 0.3) is 0 Å². The van der Waals surface area contributed by atoms with Crippen LogP contribution in [0.3, 0.4) is 0 Å². The number of anilines is 1. The molecule has 1 aliphatic rings. The lowest BCUT2D eigenvalue weighted by molar-refractivity contribution is -0.128. The molecule has 1 atom stereocenters. The lowest BCUT2D eigenvalue weighted by Gasteiger charge is -2.39. The van der Waals surface area contributed by atoms with Crippen molar-refractivity contribution in [3.63, 3.8) is 0 Å². The third-order valence-corrected chi connectivity index (χ3v) is 4.96. The summed E-state index contributed by atoms with van der Waals surface area (Å²) < 4.78 is 18.8. The molecule has 1 aromatic heterocycles. The number of hydrogen-bond acceptors (Lipinski definition) is 4. The van der Waals surface area contributed by atoms with Gasteiger partial charge in [0.1, 0.15) is 11.6 Å². The van der Waals surface area contributed by atoms with Crippen molar-refractivity contribution in [2.75, 3.05) is 37.6 Å². The summed E-state index contributed by atoms with van der Waals surface area (Å²) in [4.78, 5) is 16.9. The van der Waals surface area contributed by atoms with Gasteiger partial charge in [-0.2, -0.15) is 0 Å². The molecular weight excluding hydrogens is 345 g/mol. The molecule has 1 aliphatic heterocycles. The van der Waals surface area contributed by atoms with Crippen LogP contribution in [-0.2, 0) is 4.79 Å². The first-order valence-corrected chi connectivity index (χ1v) is 9.41. The highest BCUT2D eigenvalue weighted by Crippen LogP contribution is 2.25. The third kappa shape index (κ3) is 4.89. The second kappa shape index (κ2) is 8.13. The fourth-order valence-electron chi connectivity index (χ4n) is 3.29. The molecule has 0 saturated carbocycles. The Bertz CT molecular complexity index is 730. The topological polar surface area (TPSA) is 48.7 Å². The predicted molar refractivity (Wildman–Crippen MR) is 104 cm³/mol. The molecule has 5 nitrogen and oxygen atoms in total. The number of amides is 1. The first kappa shape index (κ1) is 19.4. The Morgan fingerprint density at radius 3 is 2.37 bits per heavy atom. The molecule has 1 amide bonds. The summed E-state index contributed by atoms with van der Waals surface area (Å²) in [5.41, 5.74) is 0.612. The van der Waals surface area contributed by atoms with Crippen LogP contribution < -0.4 is 10.2 Å². The van der Waals surface area contributed by atoms with Crippen LogP contribution in [0.15, 0.2) is 47.1 Å². The minimum absolute atomic E-state index is 0.00154. The Kier molecular flexibility index (Phi) is 5.85. The van der Waals surface area contributed by atoms with Gasteiger partial charge in [0.2, 0.25) is 5.91 Å². The number of benzene rings is 1. The van der Waals surface area contributed by atoms with Gasteiger partial charge in [0.15, 0.2) is 0 Å². The number of rotatable bonds is 5. The van der Waals surface area contributed by atoms with Gasteiger partial charge in [-0.25, -0.2) is 4.39 Å². The lowest BCUT2D eigenvalue weighted by Crippen LogP contribution is -2.50. The number of nitrogens with one attached hydrogen (secondary N) is 1. The van der Waals surface area contributed by atoms with E-state index in [0.29, 0.717) is 6.54 Å². The Hall–Kier alpha value is -2.34. The molecule has 1 saturated heterocycles. The Labute approximate surface area is 160 Å². The average molecular weight is 373 g/mol. The molecule has 0 radical (unpaired) electrons. The summed E-state index contributed by atoms with van der Waals surface area (Å²) in [5.74, 6) is 0.674. The van der Waals surface area contributed by atoms with Crippen LogP contribution in [0.1, 0.15) is 32.6 Å². The second-order valence-corrected chi connectivity index (χ2v) is 7.99. The van der Waals surface area contributed by atoms with Crippen LogP contribution >= 0.6 is 0 Å². The van der Waals surface area contributed by atoms with Gasteiger partial charge in [-0.15, -0.1) is 0 Å². The molecule has 2 aromatic rings. The van der Waals surface area contributed by atoms with E-state index >= 15 is 0 Å². The van der Waals surface area contributed by atoms with E-state index in [9.17, 15) is 9.18 Å². The normalized spacial score (nSPS) is 17.0. The molecule has 0 spiro atoms. The van der Waals surface area contributed by atoms with E-state index in [1.54, 1.807) is 6.26 Å². The second-order valence-electron chi connectivity index (χ2n) is 7.99. The fraction of sp³-hybridized carbons (Fsp3) is 0.476. The van der Waals surface area contributed by atoms with E-state index in [-0.39, 0.29) is 17.8 Å². The van der Waals surface area contributed by atoms with E-state index < -0.39 is 5.41 Å². The molecule has 2 heterocycles. The van der Waals surface area contributed by atoms with E-state index in [1.165, 1.54) is 12.1 Å². The maximum absolute atomic E-state index is 13.1. The van der Waals surface area contributed by atoms with Gasteiger partial charge in [0.25, 0.3) is 0 Å². The molecule has 6 heteroatoms. The summed E-state index contributed by atoms with van der Waals surface area (Å²) in [7, 11) is 0. The van der Waals surface area contributed by atoms with E-state index in [4.69, 9.17) is 4.42 Å². The standard InChI is InChI=1S/C21H28FN3O2/c1-21(2,3)20(26)23-15-18(19-5-4-14-27-19)25-12-10-24(11-13-25)17-8-6-16(22)7-9-17/h4-9,14,18H,10-13,15H2,1-3H3,(H,23,26)/t18-/m0/s1. The molecule has 1 aromatic carbocycles. The zero-order chi connectivity index (χ0) is 19.4. The molecule has 0 bridgehead atoms. The summed E-state index contributed by atoms with van der Waals surface area (Å²) in [6, 6.07) is 10.5. The van der Waals surface area contributed by atoms with Crippen molar-refractivity contribution < 1.29 is 13.6 Å². The van der Waals surface area contributed by atoms with Gasteiger partial charge in [0, 0.05) is 43.8 Å². The van der Waals surface area contributed by atoms with Crippen molar-refractivity contribution in [1.29, 1.82) is 0 Å². The van der Waals surface area contributed by atoms with Crippen molar-refractivity contribution >= 4 is 11.6 Å². The summed E-state index contributed by atoms with van der Waals surface area (Å²) in [5, 5.41) is 3.06. The predicted octanol–water partition coefficient (Wildman–Crippen LogP) is 3.44. The number of carbonyl (C=O) groups excluding carboxylic acids is 1. The molecule has 146 valence electrons. The van der Waals surface area contributed by atoms with Gasteiger partial charge in [-0.05, 0) is 36.4 Å². The Morgan fingerprint density at radius 1 is 1.15 bits per heavy atom. The minimum atomic E-state index is -0.422. The molecule has 27 heavy (non-hydrogen) atoms. The monoisotopic (exact) mass is 373 g/mol. The first-order chi connectivity index (χ1) is 12.8. The summed E-state index contributed by atoms with van der Waals surface area (Å²) in [6.07, 6.45) is 1.67. The van der Waals surface area contributed by atoms with E-state index in [2.05, 4.69) is 15.1 Å². The highest BCUT2D eigenvalue weighted by atomic mass is 19.1. The fourth-order valence-corrected chi connectivity index (χ4v) is 3.29. The number of piperazine rings is 1. The Morgan fingerprint density at radius 2 is 1.81 bits per heavy atom. The quantitative estimate of drug-likeness (QED) is 0.872. The zero-order valence-electron chi connectivity index (χ0n) is 16.2. The third-order valence-electron chi connectivity index (χ3n) is 4.96. The number of hydrogen-bond donors (Lipinski definition) is 1. The largest absolute Gasteiger partial charge is 0.468 e. The van der Waals surface area contributed by atoms with Gasteiger partial charge in [-0.3, -0.25) is 9.69 Å².